The number of aromatic amines is 2. The standard InChI is InChI=1S/C26H22N8O6/c1-15(5-7-17-8-10-20(28-14-17)40-24-22(26(37)38)30-34-32-24)3-4-16(2)6-9-18-13-19(11-12-27-18)39-23-21(25(35)36)29-33-31-23/h8,10-16H,3-4H2,1-2H3,(H,35,36)(H,37,38)(H,29,31,33)(H,30,32,34). The molecule has 4 aromatic rings. The van der Waals surface area contributed by atoms with Crippen LogP contribution in [0.3, 0.4) is 0 Å². The fourth-order valence-corrected chi connectivity index (χ4v) is 3.17. The number of aromatic carboxylic acids is 2. The maximum absolute atomic E-state index is 11.2. The van der Waals surface area contributed by atoms with E-state index in [1.54, 1.807) is 24.3 Å². The molecular weight excluding hydrogens is 520 g/mol. The van der Waals surface area contributed by atoms with Crippen LogP contribution in [0.1, 0.15) is 58.9 Å². The molecule has 202 valence electrons. The minimum absolute atomic E-state index is 0.0788. The normalized spacial score (nSPS) is 11.8. The SMILES string of the molecule is CC(C#Cc1ccc(Oc2nn[nH]c2C(=O)O)nc1)CCC(C)C#Cc1cc(Oc2nn[nH]c2C(=O)O)ccn1. The van der Waals surface area contributed by atoms with Gasteiger partial charge in [0.05, 0.1) is 0 Å². The van der Waals surface area contributed by atoms with E-state index in [2.05, 4.69) is 64.5 Å². The Balaban J connectivity index is 1.27. The summed E-state index contributed by atoms with van der Waals surface area (Å²) >= 11 is 0. The first-order valence-corrected chi connectivity index (χ1v) is 11.9. The van der Waals surface area contributed by atoms with E-state index in [4.69, 9.17) is 19.7 Å². The van der Waals surface area contributed by atoms with E-state index in [0.717, 1.165) is 12.8 Å². The largest absolute Gasteiger partial charge is 0.476 e. The number of aromatic nitrogens is 8. The maximum Gasteiger partial charge on any atom is 0.359 e. The third-order valence-electron chi connectivity index (χ3n) is 5.29. The quantitative estimate of drug-likeness (QED) is 0.225. The molecule has 2 atom stereocenters. The van der Waals surface area contributed by atoms with E-state index >= 15 is 0 Å². The van der Waals surface area contributed by atoms with E-state index in [1.807, 2.05) is 13.8 Å². The van der Waals surface area contributed by atoms with Gasteiger partial charge in [0.15, 0.2) is 0 Å². The van der Waals surface area contributed by atoms with E-state index in [-0.39, 0.29) is 40.9 Å². The molecule has 4 heterocycles. The molecule has 14 nitrogen and oxygen atoms in total. The molecule has 0 fully saturated rings. The number of rotatable bonds is 9. The van der Waals surface area contributed by atoms with Crippen molar-refractivity contribution < 1.29 is 29.3 Å². The molecule has 4 rings (SSSR count). The molecule has 0 saturated carbocycles. The summed E-state index contributed by atoms with van der Waals surface area (Å²) in [5.41, 5.74) is 0.632. The number of nitrogens with zero attached hydrogens (tertiary/aromatic N) is 6. The van der Waals surface area contributed by atoms with Crippen LogP contribution in [0.4, 0.5) is 0 Å². The lowest BCUT2D eigenvalue weighted by atomic mass is 9.98. The summed E-state index contributed by atoms with van der Waals surface area (Å²) in [6.45, 7) is 4.03. The predicted octanol–water partition coefficient (Wildman–Crippen LogP) is 3.15. The monoisotopic (exact) mass is 542 g/mol. The van der Waals surface area contributed by atoms with Gasteiger partial charge in [0.1, 0.15) is 11.4 Å². The van der Waals surface area contributed by atoms with Crippen LogP contribution >= 0.6 is 0 Å². The van der Waals surface area contributed by atoms with Crippen LogP contribution in [-0.4, -0.2) is 62.9 Å². The Morgan fingerprint density at radius 3 is 2.10 bits per heavy atom. The van der Waals surface area contributed by atoms with Crippen LogP contribution in [0.15, 0.2) is 36.7 Å². The van der Waals surface area contributed by atoms with Crippen LogP contribution in [0.2, 0.25) is 0 Å². The van der Waals surface area contributed by atoms with Crippen LogP contribution in [-0.2, 0) is 0 Å². The second-order valence-corrected chi connectivity index (χ2v) is 8.48. The number of nitrogens with one attached hydrogen (secondary N) is 2. The van der Waals surface area contributed by atoms with Gasteiger partial charge in [-0.1, -0.05) is 52.2 Å². The van der Waals surface area contributed by atoms with Gasteiger partial charge in [-0.25, -0.2) is 29.8 Å². The highest BCUT2D eigenvalue weighted by Crippen LogP contribution is 2.22. The highest BCUT2D eigenvalue weighted by molar-refractivity contribution is 5.88. The summed E-state index contributed by atoms with van der Waals surface area (Å²) in [6.07, 6.45) is 4.67. The zero-order valence-electron chi connectivity index (χ0n) is 21.2. The number of ether oxygens (including phenoxy) is 2. The number of hydrogen-bond acceptors (Lipinski definition) is 10. The summed E-state index contributed by atoms with van der Waals surface area (Å²) < 4.78 is 10.9. The van der Waals surface area contributed by atoms with E-state index in [9.17, 15) is 9.59 Å². The molecule has 0 bridgehead atoms. The Morgan fingerprint density at radius 1 is 0.875 bits per heavy atom. The average Bonchev–Trinajstić information content (AvgIpc) is 3.60. The molecule has 40 heavy (non-hydrogen) atoms. The highest BCUT2D eigenvalue weighted by atomic mass is 16.5. The lowest BCUT2D eigenvalue weighted by Gasteiger charge is -2.06. The first kappa shape index (κ1) is 27.3. The lowest BCUT2D eigenvalue weighted by Crippen LogP contribution is -2.00. The molecule has 14 heteroatoms. The van der Waals surface area contributed by atoms with Crippen molar-refractivity contribution in [1.29, 1.82) is 0 Å². The van der Waals surface area contributed by atoms with Gasteiger partial charge in [0.2, 0.25) is 17.3 Å². The zero-order chi connectivity index (χ0) is 28.5. The van der Waals surface area contributed by atoms with Gasteiger partial charge in [-0.05, 0) is 30.9 Å². The molecule has 4 aromatic heterocycles. The Labute approximate surface area is 227 Å². The van der Waals surface area contributed by atoms with Gasteiger partial charge in [0.25, 0.3) is 11.8 Å². The summed E-state index contributed by atoms with van der Waals surface area (Å²) in [6, 6.07) is 6.44. The second-order valence-electron chi connectivity index (χ2n) is 8.48. The van der Waals surface area contributed by atoms with Crippen molar-refractivity contribution in [3.8, 4) is 47.1 Å². The van der Waals surface area contributed by atoms with Crippen molar-refractivity contribution in [2.45, 2.75) is 26.7 Å². The van der Waals surface area contributed by atoms with E-state index in [0.29, 0.717) is 17.0 Å². The molecule has 4 N–H and O–H groups in total. The topological polar surface area (TPSA) is 202 Å². The Bertz CT molecular complexity index is 1620. The van der Waals surface area contributed by atoms with Crippen LogP contribution in [0, 0.1) is 35.5 Å². The smallest absolute Gasteiger partial charge is 0.359 e. The number of hydrogen-bond donors (Lipinski definition) is 4. The zero-order valence-corrected chi connectivity index (χ0v) is 21.2. The van der Waals surface area contributed by atoms with Gasteiger partial charge in [-0.15, -0.1) is 0 Å². The summed E-state index contributed by atoms with van der Waals surface area (Å²) in [5.74, 6) is 10.3. The number of H-pyrrole nitrogens is 2. The van der Waals surface area contributed by atoms with Gasteiger partial charge in [-0.2, -0.15) is 0 Å². The number of carboxylic acids is 2. The third-order valence-corrected chi connectivity index (χ3v) is 5.29. The van der Waals surface area contributed by atoms with Gasteiger partial charge < -0.3 is 19.7 Å². The van der Waals surface area contributed by atoms with Gasteiger partial charge in [0, 0.05) is 41.9 Å². The Kier molecular flexibility index (Phi) is 8.63. The average molecular weight is 543 g/mol. The van der Waals surface area contributed by atoms with Crippen LogP contribution in [0.5, 0.6) is 23.4 Å². The Hall–Kier alpha value is -5.76. The molecule has 0 aromatic carbocycles. The first-order valence-electron chi connectivity index (χ1n) is 11.9. The van der Waals surface area contributed by atoms with Crippen LogP contribution < -0.4 is 9.47 Å². The number of carboxylic acid groups (broad SMARTS) is 2. The van der Waals surface area contributed by atoms with Crippen molar-refractivity contribution in [2.75, 3.05) is 0 Å². The fraction of sp³-hybridized carbons (Fsp3) is 0.231. The fourth-order valence-electron chi connectivity index (χ4n) is 3.17. The highest BCUT2D eigenvalue weighted by Gasteiger charge is 2.17. The predicted molar refractivity (Wildman–Crippen MR) is 137 cm³/mol. The minimum Gasteiger partial charge on any atom is -0.476 e. The molecule has 0 aliphatic heterocycles. The summed E-state index contributed by atoms with van der Waals surface area (Å²) in [5, 5.41) is 36.8. The van der Waals surface area contributed by atoms with Crippen LogP contribution in [0.25, 0.3) is 0 Å². The second kappa shape index (κ2) is 12.7. The van der Waals surface area contributed by atoms with Crippen molar-refractivity contribution in [3.05, 3.63) is 59.3 Å². The van der Waals surface area contributed by atoms with Crippen molar-refractivity contribution in [2.24, 2.45) is 11.8 Å². The molecular formula is C26H22N8O6. The molecule has 0 saturated heterocycles. The minimum atomic E-state index is -1.24. The van der Waals surface area contributed by atoms with Crippen molar-refractivity contribution in [1.82, 2.24) is 40.8 Å². The summed E-state index contributed by atoms with van der Waals surface area (Å²) in [7, 11) is 0. The Morgan fingerprint density at radius 2 is 1.50 bits per heavy atom. The molecule has 0 radical (unpaired) electrons. The molecule has 2 unspecified atom stereocenters. The lowest BCUT2D eigenvalue weighted by molar-refractivity contribution is 0.0676. The number of carbonyl (C=O) groups is 2. The van der Waals surface area contributed by atoms with Crippen molar-refractivity contribution >= 4 is 11.9 Å². The summed E-state index contributed by atoms with van der Waals surface area (Å²) in [4.78, 5) is 30.6. The van der Waals surface area contributed by atoms with E-state index in [1.165, 1.54) is 12.4 Å². The van der Waals surface area contributed by atoms with Crippen molar-refractivity contribution in [3.63, 3.8) is 0 Å². The third kappa shape index (κ3) is 7.39. The first-order chi connectivity index (χ1) is 19.3. The molecule has 0 amide bonds. The maximum atomic E-state index is 11.2. The van der Waals surface area contributed by atoms with Gasteiger partial charge >= 0.3 is 11.9 Å². The number of pyridine rings is 2. The molecule has 0 aliphatic rings. The van der Waals surface area contributed by atoms with E-state index < -0.39 is 11.9 Å². The molecule has 0 aliphatic carbocycles. The molecule has 0 spiro atoms. The van der Waals surface area contributed by atoms with Gasteiger partial charge in [-0.3, -0.25) is 0 Å².